The molecular weight excluding hydrogens is 346 g/mol. The van der Waals surface area contributed by atoms with Gasteiger partial charge in [-0.2, -0.15) is 0 Å². The van der Waals surface area contributed by atoms with Gasteiger partial charge in [0, 0.05) is 41.5 Å². The Balaban J connectivity index is 1.74. The number of allylic oxidation sites excluding steroid dienone is 1. The second kappa shape index (κ2) is 8.39. The third kappa shape index (κ3) is 3.95. The van der Waals surface area contributed by atoms with Gasteiger partial charge < -0.3 is 11.1 Å². The van der Waals surface area contributed by atoms with E-state index in [1.54, 1.807) is 6.33 Å². The Kier molecular flexibility index (Phi) is 5.72. The molecule has 148 valence electrons. The fraction of sp³-hybridized carbons (Fsp3) is 0.522. The van der Waals surface area contributed by atoms with Crippen LogP contribution in [0.25, 0.3) is 17.3 Å². The van der Waals surface area contributed by atoms with Crippen LogP contribution >= 0.6 is 0 Å². The van der Waals surface area contributed by atoms with E-state index in [9.17, 15) is 0 Å². The zero-order valence-corrected chi connectivity index (χ0v) is 17.0. The van der Waals surface area contributed by atoms with E-state index in [1.807, 2.05) is 6.20 Å². The minimum absolute atomic E-state index is 0.353. The Morgan fingerprint density at radius 2 is 1.93 bits per heavy atom. The monoisotopic (exact) mass is 377 g/mol. The van der Waals surface area contributed by atoms with Crippen molar-refractivity contribution in [2.75, 3.05) is 5.32 Å². The van der Waals surface area contributed by atoms with Gasteiger partial charge in [0.2, 0.25) is 0 Å². The molecule has 0 atom stereocenters. The zero-order valence-electron chi connectivity index (χ0n) is 17.0. The molecule has 4 rings (SSSR count). The number of nitrogens with zero attached hydrogens (tertiary/aromatic N) is 3. The largest absolute Gasteiger partial charge is 0.381 e. The van der Waals surface area contributed by atoms with Crippen LogP contribution in [0.4, 0.5) is 5.69 Å². The summed E-state index contributed by atoms with van der Waals surface area (Å²) in [7, 11) is 0. The van der Waals surface area contributed by atoms with E-state index in [2.05, 4.69) is 41.3 Å². The van der Waals surface area contributed by atoms with Crippen LogP contribution in [-0.2, 0) is 12.8 Å². The number of aromatic nitrogens is 3. The molecule has 0 unspecified atom stereocenters. The van der Waals surface area contributed by atoms with Crippen molar-refractivity contribution in [2.45, 2.75) is 77.3 Å². The molecule has 0 amide bonds. The van der Waals surface area contributed by atoms with E-state index in [-0.39, 0.29) is 0 Å². The third-order valence-electron chi connectivity index (χ3n) is 6.00. The molecule has 2 aliphatic carbocycles. The number of rotatable bonds is 6. The van der Waals surface area contributed by atoms with Gasteiger partial charge >= 0.3 is 0 Å². The van der Waals surface area contributed by atoms with Crippen molar-refractivity contribution in [1.82, 2.24) is 15.0 Å². The van der Waals surface area contributed by atoms with Gasteiger partial charge in [0.05, 0.1) is 17.1 Å². The van der Waals surface area contributed by atoms with Crippen LogP contribution in [0.2, 0.25) is 0 Å². The highest BCUT2D eigenvalue weighted by molar-refractivity contribution is 5.86. The van der Waals surface area contributed by atoms with Crippen molar-refractivity contribution < 1.29 is 0 Å². The highest BCUT2D eigenvalue weighted by Gasteiger charge is 2.25. The first-order valence-electron chi connectivity index (χ1n) is 10.7. The molecule has 0 radical (unpaired) electrons. The number of pyridine rings is 1. The smallest absolute Gasteiger partial charge is 0.116 e. The van der Waals surface area contributed by atoms with E-state index in [0.717, 1.165) is 61.9 Å². The maximum atomic E-state index is 6.12. The summed E-state index contributed by atoms with van der Waals surface area (Å²) in [5, 5.41) is 3.87. The van der Waals surface area contributed by atoms with Crippen molar-refractivity contribution in [3.8, 4) is 11.3 Å². The number of nitrogens with two attached hydrogens (primary N) is 1. The predicted octanol–water partition coefficient (Wildman–Crippen LogP) is 4.52. The Hall–Kier alpha value is -2.27. The maximum absolute atomic E-state index is 6.12. The fourth-order valence-corrected chi connectivity index (χ4v) is 4.37. The lowest BCUT2D eigenvalue weighted by atomic mass is 9.91. The van der Waals surface area contributed by atoms with E-state index < -0.39 is 0 Å². The summed E-state index contributed by atoms with van der Waals surface area (Å²) in [6.45, 7) is 4.36. The van der Waals surface area contributed by atoms with Gasteiger partial charge in [-0.15, -0.1) is 0 Å². The molecule has 1 fully saturated rings. The molecule has 2 aromatic rings. The molecule has 2 aliphatic rings. The lowest BCUT2D eigenvalue weighted by Gasteiger charge is -2.29. The number of fused-ring (bicyclic) bond motifs is 1. The average Bonchev–Trinajstić information content (AvgIpc) is 3.13. The Labute approximate surface area is 167 Å². The topological polar surface area (TPSA) is 76.7 Å². The predicted molar refractivity (Wildman–Crippen MR) is 115 cm³/mol. The molecule has 1 saturated carbocycles. The second-order valence-electron chi connectivity index (χ2n) is 8.14. The molecule has 5 nitrogen and oxygen atoms in total. The van der Waals surface area contributed by atoms with Crippen LogP contribution in [0.1, 0.15) is 69.3 Å². The van der Waals surface area contributed by atoms with Crippen LogP contribution in [0, 0.1) is 0 Å². The van der Waals surface area contributed by atoms with E-state index in [4.69, 9.17) is 10.7 Å². The number of aryl methyl sites for hydroxylation is 1. The van der Waals surface area contributed by atoms with Crippen molar-refractivity contribution in [3.63, 3.8) is 0 Å². The second-order valence-corrected chi connectivity index (χ2v) is 8.14. The van der Waals surface area contributed by atoms with Gasteiger partial charge in [-0.1, -0.05) is 31.9 Å². The minimum atomic E-state index is 0.353. The van der Waals surface area contributed by atoms with Crippen molar-refractivity contribution >= 4 is 11.8 Å². The summed E-state index contributed by atoms with van der Waals surface area (Å²) in [5.41, 5.74) is 14.3. The number of hydrogen-bond acceptors (Lipinski definition) is 5. The lowest BCUT2D eigenvalue weighted by molar-refractivity contribution is 0.411. The highest BCUT2D eigenvalue weighted by atomic mass is 14.9. The molecule has 0 aliphatic heterocycles. The van der Waals surface area contributed by atoms with Crippen molar-refractivity contribution in [2.24, 2.45) is 5.73 Å². The van der Waals surface area contributed by atoms with Gasteiger partial charge in [0.1, 0.15) is 6.33 Å². The van der Waals surface area contributed by atoms with Gasteiger partial charge in [0.15, 0.2) is 0 Å². The van der Waals surface area contributed by atoms with E-state index in [1.165, 1.54) is 28.9 Å². The average molecular weight is 378 g/mol. The Morgan fingerprint density at radius 3 is 2.68 bits per heavy atom. The Morgan fingerprint density at radius 1 is 1.11 bits per heavy atom. The molecular formula is C23H31N5. The molecule has 28 heavy (non-hydrogen) atoms. The standard InChI is InChI=1S/C23H31N5/c1-3-5-15-10-19-21(11-15)25-13-20(22-12-17(4-2)26-14-27-22)23(19)28-18-8-6-16(24)7-9-18/h10,12-14,16,18H,3-9,11,24H2,1-2H3,(H,25,28). The molecule has 0 saturated heterocycles. The van der Waals surface area contributed by atoms with Crippen molar-refractivity contribution in [3.05, 3.63) is 41.1 Å². The van der Waals surface area contributed by atoms with Crippen LogP contribution in [0.3, 0.4) is 0 Å². The van der Waals surface area contributed by atoms with Gasteiger partial charge in [-0.3, -0.25) is 4.98 Å². The van der Waals surface area contributed by atoms with Crippen LogP contribution in [-0.4, -0.2) is 27.0 Å². The highest BCUT2D eigenvalue weighted by Crippen LogP contribution is 2.39. The number of hydrogen-bond donors (Lipinski definition) is 2. The SMILES string of the molecule is CCCC1=Cc2c(ncc(-c3cc(CC)ncn3)c2NC2CCC(N)CC2)C1. The first-order valence-corrected chi connectivity index (χ1v) is 10.7. The summed E-state index contributed by atoms with van der Waals surface area (Å²) in [6.07, 6.45) is 14.6. The Bertz CT molecular complexity index is 865. The summed E-state index contributed by atoms with van der Waals surface area (Å²) >= 11 is 0. The first kappa shape index (κ1) is 19.1. The van der Waals surface area contributed by atoms with Crippen LogP contribution in [0.5, 0.6) is 0 Å². The molecule has 2 aromatic heterocycles. The summed E-state index contributed by atoms with van der Waals surface area (Å²) < 4.78 is 0. The van der Waals surface area contributed by atoms with Crippen molar-refractivity contribution in [1.29, 1.82) is 0 Å². The molecule has 0 spiro atoms. The van der Waals surface area contributed by atoms with Crippen LogP contribution in [0.15, 0.2) is 24.2 Å². The normalized spacial score (nSPS) is 21.3. The maximum Gasteiger partial charge on any atom is 0.116 e. The minimum Gasteiger partial charge on any atom is -0.381 e. The molecule has 0 aromatic carbocycles. The summed E-state index contributed by atoms with van der Waals surface area (Å²) in [4.78, 5) is 13.8. The molecule has 0 bridgehead atoms. The summed E-state index contributed by atoms with van der Waals surface area (Å²) in [6, 6.07) is 2.91. The van der Waals surface area contributed by atoms with Gasteiger partial charge in [-0.25, -0.2) is 9.97 Å². The molecule has 5 heteroatoms. The van der Waals surface area contributed by atoms with E-state index >= 15 is 0 Å². The first-order chi connectivity index (χ1) is 13.7. The molecule has 2 heterocycles. The quantitative estimate of drug-likeness (QED) is 0.774. The van der Waals surface area contributed by atoms with E-state index in [0.29, 0.717) is 12.1 Å². The van der Waals surface area contributed by atoms with Gasteiger partial charge in [-0.05, 0) is 44.6 Å². The third-order valence-corrected chi connectivity index (χ3v) is 6.00. The lowest BCUT2D eigenvalue weighted by Crippen LogP contribution is -2.33. The van der Waals surface area contributed by atoms with Gasteiger partial charge in [0.25, 0.3) is 0 Å². The number of nitrogens with one attached hydrogen (secondary N) is 1. The molecule has 3 N–H and O–H groups in total. The fourth-order valence-electron chi connectivity index (χ4n) is 4.37. The van der Waals surface area contributed by atoms with Crippen LogP contribution < -0.4 is 11.1 Å². The summed E-state index contributed by atoms with van der Waals surface area (Å²) in [5.74, 6) is 0. The zero-order chi connectivity index (χ0) is 19.5. The number of anilines is 1.